The SMILES string of the molecule is O=C(O)O.O=P(O)(O)O.[KH]. The molecule has 0 saturated carbocycles. The summed E-state index contributed by atoms with van der Waals surface area (Å²) in [5, 5.41) is 13.9. The van der Waals surface area contributed by atoms with Crippen LogP contribution < -0.4 is 0 Å². The monoisotopic (exact) mass is 200 g/mol. The molecule has 5 N–H and O–H groups in total. The fourth-order valence-electron chi connectivity index (χ4n) is 0. The van der Waals surface area contributed by atoms with Gasteiger partial charge in [-0.1, -0.05) is 0 Å². The molecule has 58 valence electrons. The van der Waals surface area contributed by atoms with Gasteiger partial charge in [0.2, 0.25) is 0 Å². The topological polar surface area (TPSA) is 135 Å². The zero-order valence-corrected chi connectivity index (χ0v) is 4.89. The van der Waals surface area contributed by atoms with Gasteiger partial charge in [0, 0.05) is 0 Å². The predicted molar refractivity (Wildman–Crippen MR) is 32.1 cm³/mol. The van der Waals surface area contributed by atoms with E-state index in [0.29, 0.717) is 0 Å². The van der Waals surface area contributed by atoms with Crippen molar-refractivity contribution in [1.29, 1.82) is 0 Å². The van der Waals surface area contributed by atoms with E-state index in [2.05, 4.69) is 0 Å². The van der Waals surface area contributed by atoms with Crippen LogP contribution in [-0.2, 0) is 4.57 Å². The molecule has 0 bridgehead atoms. The second kappa shape index (κ2) is 8.12. The fraction of sp³-hybridized carbons (Fsp3) is 0. The Kier molecular flexibility index (Phi) is 14.0. The van der Waals surface area contributed by atoms with Gasteiger partial charge in [0.1, 0.15) is 0 Å². The Balaban J connectivity index is -0.0000000910. The van der Waals surface area contributed by atoms with Crippen molar-refractivity contribution < 1.29 is 34.3 Å². The minimum absolute atomic E-state index is 0. The Morgan fingerprint density at radius 3 is 1.10 bits per heavy atom. The van der Waals surface area contributed by atoms with E-state index in [-0.39, 0.29) is 51.4 Å². The van der Waals surface area contributed by atoms with Gasteiger partial charge in [0.15, 0.2) is 0 Å². The van der Waals surface area contributed by atoms with E-state index in [1.807, 2.05) is 0 Å². The second-order valence-electron chi connectivity index (χ2n) is 0.796. The Hall–Kier alpha value is 1.02. The van der Waals surface area contributed by atoms with Crippen molar-refractivity contribution in [3.8, 4) is 0 Å². The van der Waals surface area contributed by atoms with Crippen LogP contribution in [0.25, 0.3) is 0 Å². The zero-order valence-electron chi connectivity index (χ0n) is 4.00. The van der Waals surface area contributed by atoms with Gasteiger partial charge in [-0.25, -0.2) is 9.36 Å². The van der Waals surface area contributed by atoms with Crippen LogP contribution in [0.5, 0.6) is 0 Å². The molecule has 0 unspecified atom stereocenters. The summed E-state index contributed by atoms with van der Waals surface area (Å²) < 4.78 is 8.88. The quantitative estimate of drug-likeness (QED) is 0.241. The average Bonchev–Trinajstić information content (AvgIpc) is 1.19. The van der Waals surface area contributed by atoms with Crippen LogP contribution in [0, 0.1) is 0 Å². The fourth-order valence-corrected chi connectivity index (χ4v) is 0. The molecule has 0 aromatic carbocycles. The summed E-state index contributed by atoms with van der Waals surface area (Å²) in [5.74, 6) is 0. The van der Waals surface area contributed by atoms with Crippen molar-refractivity contribution in [1.82, 2.24) is 0 Å². The molecule has 10 heavy (non-hydrogen) atoms. The van der Waals surface area contributed by atoms with Crippen molar-refractivity contribution in [2.75, 3.05) is 0 Å². The van der Waals surface area contributed by atoms with E-state index in [0.717, 1.165) is 0 Å². The number of hydrogen-bond donors (Lipinski definition) is 5. The molecule has 0 aromatic heterocycles. The van der Waals surface area contributed by atoms with Crippen LogP contribution in [0.4, 0.5) is 4.79 Å². The van der Waals surface area contributed by atoms with Gasteiger partial charge in [0.25, 0.3) is 0 Å². The first-order chi connectivity index (χ1) is 3.73. The van der Waals surface area contributed by atoms with Crippen molar-refractivity contribution in [3.63, 3.8) is 0 Å². The molecule has 0 rings (SSSR count). The molecule has 0 spiro atoms. The number of rotatable bonds is 0. The van der Waals surface area contributed by atoms with Gasteiger partial charge in [-0.2, -0.15) is 0 Å². The maximum atomic E-state index is 8.88. The number of carbonyl (C=O) groups is 1. The van der Waals surface area contributed by atoms with Crippen molar-refractivity contribution >= 4 is 65.4 Å². The molecular formula is CH6KO7P. The van der Waals surface area contributed by atoms with Crippen LogP contribution in [0.15, 0.2) is 0 Å². The van der Waals surface area contributed by atoms with E-state index >= 15 is 0 Å². The van der Waals surface area contributed by atoms with E-state index < -0.39 is 14.0 Å². The van der Waals surface area contributed by atoms with E-state index in [1.165, 1.54) is 0 Å². The number of carboxylic acid groups (broad SMARTS) is 2. The summed E-state index contributed by atoms with van der Waals surface area (Å²) >= 11 is 0. The van der Waals surface area contributed by atoms with Crippen LogP contribution >= 0.6 is 7.82 Å². The molecule has 0 aliphatic heterocycles. The summed E-state index contributed by atoms with van der Waals surface area (Å²) in [5.41, 5.74) is 0. The average molecular weight is 200 g/mol. The Morgan fingerprint density at radius 2 is 1.10 bits per heavy atom. The van der Waals surface area contributed by atoms with Gasteiger partial charge in [-0.15, -0.1) is 0 Å². The van der Waals surface area contributed by atoms with Gasteiger partial charge in [-0.05, 0) is 0 Å². The van der Waals surface area contributed by atoms with Gasteiger partial charge >= 0.3 is 65.4 Å². The predicted octanol–water partition coefficient (Wildman–Crippen LogP) is -1.35. The minimum atomic E-state index is -4.64. The summed E-state index contributed by atoms with van der Waals surface area (Å²) in [4.78, 5) is 30.1. The first-order valence-corrected chi connectivity index (χ1v) is 3.00. The standard InChI is InChI=1S/CH2O3.K.H3O4P.H/c2-1(3)4;;1-5(2,3)4;/h(H2,2,3,4);;(H3,1,2,3,4);. The van der Waals surface area contributed by atoms with E-state index in [4.69, 9.17) is 34.3 Å². The first-order valence-electron chi connectivity index (χ1n) is 1.43. The van der Waals surface area contributed by atoms with E-state index in [9.17, 15) is 0 Å². The number of phosphoric acid groups is 1. The molecule has 0 aliphatic carbocycles. The van der Waals surface area contributed by atoms with Gasteiger partial charge in [-0.3, -0.25) is 0 Å². The summed E-state index contributed by atoms with van der Waals surface area (Å²) in [7, 11) is -4.64. The molecule has 0 aliphatic rings. The first kappa shape index (κ1) is 17.2. The van der Waals surface area contributed by atoms with Crippen LogP contribution in [0.1, 0.15) is 0 Å². The van der Waals surface area contributed by atoms with Gasteiger partial charge in [0.05, 0.1) is 0 Å². The second-order valence-corrected chi connectivity index (χ2v) is 1.82. The Bertz CT molecular complexity index is 113. The Morgan fingerprint density at radius 1 is 1.10 bits per heavy atom. The summed E-state index contributed by atoms with van der Waals surface area (Å²) in [6.07, 6.45) is -1.83. The molecule has 0 amide bonds. The molecule has 0 saturated heterocycles. The van der Waals surface area contributed by atoms with Crippen LogP contribution in [0.3, 0.4) is 0 Å². The molecule has 0 heterocycles. The third-order valence-electron chi connectivity index (χ3n) is 0. The van der Waals surface area contributed by atoms with Gasteiger partial charge < -0.3 is 24.9 Å². The van der Waals surface area contributed by atoms with Crippen LogP contribution in [0.2, 0.25) is 0 Å². The summed E-state index contributed by atoms with van der Waals surface area (Å²) in [6, 6.07) is 0. The van der Waals surface area contributed by atoms with Crippen molar-refractivity contribution in [3.05, 3.63) is 0 Å². The molecule has 0 radical (unpaired) electrons. The maximum absolute atomic E-state index is 8.88. The van der Waals surface area contributed by atoms with Crippen molar-refractivity contribution in [2.24, 2.45) is 0 Å². The molecule has 0 aromatic rings. The molecule has 0 fully saturated rings. The third kappa shape index (κ3) is 561. The number of hydrogen-bond acceptors (Lipinski definition) is 2. The third-order valence-corrected chi connectivity index (χ3v) is 0. The Labute approximate surface area is 98.3 Å². The molecule has 9 heteroatoms. The molecular weight excluding hydrogens is 194 g/mol. The van der Waals surface area contributed by atoms with E-state index in [1.54, 1.807) is 0 Å². The zero-order chi connectivity index (χ0) is 8.08. The normalized spacial score (nSPS) is 8.30. The summed E-state index contributed by atoms with van der Waals surface area (Å²) in [6.45, 7) is 0. The van der Waals surface area contributed by atoms with Crippen molar-refractivity contribution in [2.45, 2.75) is 0 Å². The van der Waals surface area contributed by atoms with Crippen LogP contribution in [-0.4, -0.2) is 82.4 Å². The molecule has 7 nitrogen and oxygen atoms in total. The molecule has 0 atom stereocenters.